The summed E-state index contributed by atoms with van der Waals surface area (Å²) >= 11 is 0. The second-order valence-electron chi connectivity index (χ2n) is 8.21. The Balaban J connectivity index is 1.94. The summed E-state index contributed by atoms with van der Waals surface area (Å²) in [5.74, 6) is 0.0911. The van der Waals surface area contributed by atoms with Gasteiger partial charge in [-0.2, -0.15) is 0 Å². The van der Waals surface area contributed by atoms with Gasteiger partial charge in [0.15, 0.2) is 5.78 Å². The molecular weight excluding hydrogens is 311 g/mol. The lowest BCUT2D eigenvalue weighted by Gasteiger charge is -2.43. The highest BCUT2D eigenvalue weighted by Crippen LogP contribution is 2.59. The molecule has 3 aliphatic rings. The largest absolute Gasteiger partial charge is 0.294 e. The van der Waals surface area contributed by atoms with Crippen LogP contribution in [0.1, 0.15) is 58.9 Å². The van der Waals surface area contributed by atoms with Crippen molar-refractivity contribution in [3.63, 3.8) is 0 Å². The van der Waals surface area contributed by atoms with Gasteiger partial charge in [-0.3, -0.25) is 4.79 Å². The van der Waals surface area contributed by atoms with Gasteiger partial charge < -0.3 is 0 Å². The molecule has 0 unspecified atom stereocenters. The number of carbonyl (C=O) groups is 1. The van der Waals surface area contributed by atoms with Gasteiger partial charge >= 0.3 is 0 Å². The minimum Gasteiger partial charge on any atom is -0.294 e. The molecule has 1 aromatic rings. The summed E-state index contributed by atoms with van der Waals surface area (Å²) in [6.45, 7) is 8.68. The van der Waals surface area contributed by atoms with Crippen molar-refractivity contribution in [3.05, 3.63) is 69.1 Å². The summed E-state index contributed by atoms with van der Waals surface area (Å²) in [7, 11) is 0. The van der Waals surface area contributed by atoms with Gasteiger partial charge in [0.2, 0.25) is 0 Å². The standard InChI is InChI=1S/C23H25FO/c1-13-9-19-20(10-14(13)2)23(17-5-7-18(24)8-6-17)12-16(4)15(3)11-21(23)22(19)25/h5-8,21H,9-12H2,1-4H3/t21-,23-/m0/s1. The molecule has 0 heterocycles. The fourth-order valence-corrected chi connectivity index (χ4v) is 5.12. The van der Waals surface area contributed by atoms with Gasteiger partial charge in [-0.15, -0.1) is 0 Å². The lowest BCUT2D eigenvalue weighted by atomic mass is 9.59. The number of benzene rings is 1. The van der Waals surface area contributed by atoms with Crippen LogP contribution in [0.5, 0.6) is 0 Å². The molecule has 2 atom stereocenters. The third kappa shape index (κ3) is 2.23. The lowest BCUT2D eigenvalue weighted by Crippen LogP contribution is -2.39. The zero-order valence-corrected chi connectivity index (χ0v) is 15.5. The predicted molar refractivity (Wildman–Crippen MR) is 98.8 cm³/mol. The van der Waals surface area contributed by atoms with Crippen LogP contribution in [0.3, 0.4) is 0 Å². The third-order valence-electron chi connectivity index (χ3n) is 6.87. The van der Waals surface area contributed by atoms with Gasteiger partial charge in [-0.05, 0) is 82.2 Å². The van der Waals surface area contributed by atoms with Crippen molar-refractivity contribution < 1.29 is 9.18 Å². The zero-order chi connectivity index (χ0) is 17.9. The van der Waals surface area contributed by atoms with Gasteiger partial charge in [-0.1, -0.05) is 34.4 Å². The quantitative estimate of drug-likeness (QED) is 0.591. The number of ketones is 1. The Morgan fingerprint density at radius 2 is 1.56 bits per heavy atom. The summed E-state index contributed by atoms with van der Waals surface area (Å²) < 4.78 is 13.6. The molecule has 0 radical (unpaired) electrons. The fraction of sp³-hybridized carbons (Fsp3) is 0.435. The SMILES string of the molecule is CC1=C(C)CC2=C(C1)C(=O)[C@@H]1CC(C)=C(C)C[C@]21c1ccc(F)cc1. The van der Waals surface area contributed by atoms with E-state index in [0.717, 1.165) is 36.8 Å². The first kappa shape index (κ1) is 16.5. The number of Topliss-reactive ketones (excluding diaryl/α,β-unsaturated/α-hetero) is 1. The van der Waals surface area contributed by atoms with Gasteiger partial charge in [0.05, 0.1) is 0 Å². The van der Waals surface area contributed by atoms with Crippen LogP contribution in [-0.2, 0) is 10.2 Å². The molecule has 0 saturated heterocycles. The molecule has 0 amide bonds. The maximum atomic E-state index is 13.6. The summed E-state index contributed by atoms with van der Waals surface area (Å²) in [6.07, 6.45) is 3.38. The minimum atomic E-state index is -0.272. The molecule has 1 aromatic carbocycles. The molecule has 25 heavy (non-hydrogen) atoms. The van der Waals surface area contributed by atoms with E-state index in [4.69, 9.17) is 0 Å². The molecular formula is C23H25FO. The van der Waals surface area contributed by atoms with E-state index < -0.39 is 0 Å². The average Bonchev–Trinajstić information content (AvgIpc) is 2.79. The van der Waals surface area contributed by atoms with Crippen molar-refractivity contribution in [2.45, 2.75) is 58.8 Å². The van der Waals surface area contributed by atoms with Crippen LogP contribution < -0.4 is 0 Å². The first-order chi connectivity index (χ1) is 11.8. The molecule has 0 fully saturated rings. The van der Waals surface area contributed by atoms with Crippen molar-refractivity contribution in [2.75, 3.05) is 0 Å². The normalized spacial score (nSPS) is 29.3. The predicted octanol–water partition coefficient (Wildman–Crippen LogP) is 5.82. The maximum absolute atomic E-state index is 13.6. The second kappa shape index (κ2) is 5.52. The lowest BCUT2D eigenvalue weighted by molar-refractivity contribution is -0.119. The highest BCUT2D eigenvalue weighted by molar-refractivity contribution is 6.04. The molecule has 0 aromatic heterocycles. The van der Waals surface area contributed by atoms with Crippen LogP contribution in [0.2, 0.25) is 0 Å². The van der Waals surface area contributed by atoms with Crippen LogP contribution in [0, 0.1) is 11.7 Å². The molecule has 0 aliphatic heterocycles. The van der Waals surface area contributed by atoms with Crippen molar-refractivity contribution in [2.24, 2.45) is 5.92 Å². The molecule has 0 spiro atoms. The van der Waals surface area contributed by atoms with E-state index in [9.17, 15) is 9.18 Å². The molecule has 130 valence electrons. The number of hydrogen-bond acceptors (Lipinski definition) is 1. The Morgan fingerprint density at radius 1 is 0.920 bits per heavy atom. The summed E-state index contributed by atoms with van der Waals surface area (Å²) in [5, 5.41) is 0. The number of fused-ring (bicyclic) bond motifs is 2. The zero-order valence-electron chi connectivity index (χ0n) is 15.5. The molecule has 2 heteroatoms. The number of rotatable bonds is 1. The second-order valence-corrected chi connectivity index (χ2v) is 8.21. The van der Waals surface area contributed by atoms with E-state index in [1.54, 1.807) is 12.1 Å². The van der Waals surface area contributed by atoms with Gasteiger partial charge in [0.25, 0.3) is 0 Å². The Kier molecular flexibility index (Phi) is 3.64. The summed E-state index contributed by atoms with van der Waals surface area (Å²) in [5.41, 5.74) is 8.63. The Bertz CT molecular complexity index is 866. The average molecular weight is 336 g/mol. The van der Waals surface area contributed by atoms with E-state index in [1.165, 1.54) is 27.9 Å². The number of allylic oxidation sites excluding steroid dienone is 6. The van der Waals surface area contributed by atoms with Crippen LogP contribution >= 0.6 is 0 Å². The van der Waals surface area contributed by atoms with Crippen molar-refractivity contribution >= 4 is 5.78 Å². The first-order valence-electron chi connectivity index (χ1n) is 9.17. The van der Waals surface area contributed by atoms with E-state index >= 15 is 0 Å². The number of halogens is 1. The van der Waals surface area contributed by atoms with E-state index in [2.05, 4.69) is 27.7 Å². The summed E-state index contributed by atoms with van der Waals surface area (Å²) in [4.78, 5) is 13.3. The maximum Gasteiger partial charge on any atom is 0.163 e. The molecule has 1 nitrogen and oxygen atoms in total. The first-order valence-corrected chi connectivity index (χ1v) is 9.17. The van der Waals surface area contributed by atoms with E-state index in [1.807, 2.05) is 12.1 Å². The van der Waals surface area contributed by atoms with Crippen molar-refractivity contribution in [1.82, 2.24) is 0 Å². The van der Waals surface area contributed by atoms with Crippen LogP contribution in [-0.4, -0.2) is 5.78 Å². The van der Waals surface area contributed by atoms with E-state index in [0.29, 0.717) is 5.78 Å². The topological polar surface area (TPSA) is 17.1 Å². The van der Waals surface area contributed by atoms with Gasteiger partial charge in [-0.25, -0.2) is 4.39 Å². The fourth-order valence-electron chi connectivity index (χ4n) is 5.12. The number of carbonyl (C=O) groups excluding carboxylic acids is 1. The van der Waals surface area contributed by atoms with Gasteiger partial charge in [0, 0.05) is 11.3 Å². The van der Waals surface area contributed by atoms with Crippen molar-refractivity contribution in [1.29, 1.82) is 0 Å². The van der Waals surface area contributed by atoms with Gasteiger partial charge in [0.1, 0.15) is 5.82 Å². The smallest absolute Gasteiger partial charge is 0.163 e. The van der Waals surface area contributed by atoms with Crippen LogP contribution in [0.15, 0.2) is 57.7 Å². The van der Waals surface area contributed by atoms with Crippen LogP contribution in [0.4, 0.5) is 4.39 Å². The third-order valence-corrected chi connectivity index (χ3v) is 6.87. The molecule has 3 aliphatic carbocycles. The molecule has 0 N–H and O–H groups in total. The Morgan fingerprint density at radius 3 is 2.24 bits per heavy atom. The molecule has 0 saturated carbocycles. The highest BCUT2D eigenvalue weighted by atomic mass is 19.1. The Hall–Kier alpha value is -1.96. The van der Waals surface area contributed by atoms with Crippen LogP contribution in [0.25, 0.3) is 0 Å². The summed E-state index contributed by atoms with van der Waals surface area (Å²) in [6, 6.07) is 6.89. The minimum absolute atomic E-state index is 0.0228. The number of hydrogen-bond donors (Lipinski definition) is 0. The van der Waals surface area contributed by atoms with Crippen molar-refractivity contribution in [3.8, 4) is 0 Å². The Labute approximate surface area is 149 Å². The molecule has 0 bridgehead atoms. The molecule has 4 rings (SSSR count). The van der Waals surface area contributed by atoms with E-state index in [-0.39, 0.29) is 17.2 Å². The highest BCUT2D eigenvalue weighted by Gasteiger charge is 2.56. The monoisotopic (exact) mass is 336 g/mol.